The normalized spacial score (nSPS) is 14.8. The van der Waals surface area contributed by atoms with Crippen molar-refractivity contribution < 1.29 is 9.47 Å². The van der Waals surface area contributed by atoms with Crippen molar-refractivity contribution in [3.63, 3.8) is 0 Å². The van der Waals surface area contributed by atoms with Crippen molar-refractivity contribution in [1.29, 1.82) is 0 Å². The number of azide groups is 1. The first kappa shape index (κ1) is 23.9. The van der Waals surface area contributed by atoms with Crippen LogP contribution in [0.3, 0.4) is 0 Å². The van der Waals surface area contributed by atoms with Gasteiger partial charge in [-0.15, -0.1) is 0 Å². The topological polar surface area (TPSA) is 73.7 Å². The third-order valence-electron chi connectivity index (χ3n) is 6.02. The highest BCUT2D eigenvalue weighted by molar-refractivity contribution is 5.46. The fraction of sp³-hybridized carbons (Fsp3) is 0.520. The van der Waals surface area contributed by atoms with E-state index in [4.69, 9.17) is 15.0 Å². The minimum Gasteiger partial charge on any atom is -0.491 e. The van der Waals surface area contributed by atoms with E-state index in [1.165, 1.54) is 22.4 Å². The first-order chi connectivity index (χ1) is 15.6. The third kappa shape index (κ3) is 6.89. The summed E-state index contributed by atoms with van der Waals surface area (Å²) in [7, 11) is 6.39. The maximum atomic E-state index is 8.23. The molecule has 1 aliphatic rings. The highest BCUT2D eigenvalue weighted by Crippen LogP contribution is 2.37. The highest BCUT2D eigenvalue weighted by Gasteiger charge is 2.26. The molecule has 2 aromatic rings. The van der Waals surface area contributed by atoms with Gasteiger partial charge in [-0.2, -0.15) is 0 Å². The molecule has 7 nitrogen and oxygen atoms in total. The molecule has 3 rings (SSSR count). The molecule has 2 aromatic carbocycles. The van der Waals surface area contributed by atoms with Crippen molar-refractivity contribution in [1.82, 2.24) is 4.90 Å². The van der Waals surface area contributed by atoms with Crippen LogP contribution in [0.5, 0.6) is 5.75 Å². The lowest BCUT2D eigenvalue weighted by Gasteiger charge is -2.25. The summed E-state index contributed by atoms with van der Waals surface area (Å²) in [6.45, 7) is 2.85. The molecule has 0 N–H and O–H groups in total. The van der Waals surface area contributed by atoms with Gasteiger partial charge in [0.05, 0.1) is 13.2 Å². The second kappa shape index (κ2) is 12.3. The van der Waals surface area contributed by atoms with E-state index in [-0.39, 0.29) is 0 Å². The van der Waals surface area contributed by atoms with E-state index in [0.717, 1.165) is 38.0 Å². The summed E-state index contributed by atoms with van der Waals surface area (Å²) in [4.78, 5) is 7.33. The van der Waals surface area contributed by atoms with Gasteiger partial charge >= 0.3 is 0 Å². The summed E-state index contributed by atoms with van der Waals surface area (Å²) in [6.07, 6.45) is 4.52. The zero-order chi connectivity index (χ0) is 22.8. The predicted octanol–water partition coefficient (Wildman–Crippen LogP) is 5.01. The van der Waals surface area contributed by atoms with Crippen LogP contribution in [0.1, 0.15) is 35.6 Å². The van der Waals surface area contributed by atoms with E-state index in [9.17, 15) is 0 Å². The number of hydrogen-bond donors (Lipinski definition) is 0. The zero-order valence-corrected chi connectivity index (χ0v) is 19.5. The van der Waals surface area contributed by atoms with Crippen LogP contribution < -0.4 is 9.64 Å². The molecular formula is C25H35N5O2. The molecular weight excluding hydrogens is 402 g/mol. The number of rotatable bonds is 13. The van der Waals surface area contributed by atoms with Gasteiger partial charge in [0.15, 0.2) is 0 Å². The van der Waals surface area contributed by atoms with Gasteiger partial charge in [-0.25, -0.2) is 0 Å². The van der Waals surface area contributed by atoms with Gasteiger partial charge in [0.1, 0.15) is 12.4 Å². The number of anilines is 1. The van der Waals surface area contributed by atoms with Gasteiger partial charge in [0, 0.05) is 37.3 Å². The molecule has 32 heavy (non-hydrogen) atoms. The van der Waals surface area contributed by atoms with E-state index in [1.54, 1.807) is 0 Å². The molecule has 0 fully saturated rings. The van der Waals surface area contributed by atoms with Crippen LogP contribution in [-0.2, 0) is 17.6 Å². The average molecular weight is 438 g/mol. The second-order valence-corrected chi connectivity index (χ2v) is 8.48. The Morgan fingerprint density at radius 3 is 2.62 bits per heavy atom. The summed E-state index contributed by atoms with van der Waals surface area (Å²) in [5.41, 5.74) is 13.7. The molecule has 1 aliphatic carbocycles. The summed E-state index contributed by atoms with van der Waals surface area (Å²) < 4.78 is 11.2. The van der Waals surface area contributed by atoms with Crippen LogP contribution in [0.25, 0.3) is 10.4 Å². The number of fused-ring (bicyclic) bond motifs is 1. The lowest BCUT2D eigenvalue weighted by Crippen LogP contribution is -2.24. The van der Waals surface area contributed by atoms with Crippen LogP contribution >= 0.6 is 0 Å². The van der Waals surface area contributed by atoms with E-state index in [1.807, 2.05) is 0 Å². The van der Waals surface area contributed by atoms with Gasteiger partial charge in [-0.05, 0) is 85.8 Å². The molecule has 172 valence electrons. The number of nitrogens with zero attached hydrogens (tertiary/aromatic N) is 5. The number of hydrogen-bond acceptors (Lipinski definition) is 5. The maximum absolute atomic E-state index is 8.23. The molecule has 0 saturated heterocycles. The quantitative estimate of drug-likeness (QED) is 0.191. The number of benzene rings is 2. The van der Waals surface area contributed by atoms with Gasteiger partial charge < -0.3 is 14.4 Å². The molecule has 0 spiro atoms. The van der Waals surface area contributed by atoms with Crippen LogP contribution in [0.15, 0.2) is 47.6 Å². The Morgan fingerprint density at radius 2 is 1.88 bits per heavy atom. The van der Waals surface area contributed by atoms with Crippen LogP contribution in [0.4, 0.5) is 5.69 Å². The van der Waals surface area contributed by atoms with E-state index >= 15 is 0 Å². The van der Waals surface area contributed by atoms with Gasteiger partial charge in [0.25, 0.3) is 0 Å². The Kier molecular flexibility index (Phi) is 9.23. The minimum absolute atomic E-state index is 0.354. The highest BCUT2D eigenvalue weighted by atomic mass is 16.5. The predicted molar refractivity (Wildman–Crippen MR) is 130 cm³/mol. The van der Waals surface area contributed by atoms with Crippen LogP contribution in [0, 0.1) is 0 Å². The molecule has 0 amide bonds. The molecule has 0 saturated carbocycles. The molecule has 0 radical (unpaired) electrons. The molecule has 0 bridgehead atoms. The average Bonchev–Trinajstić information content (AvgIpc) is 3.22. The third-order valence-corrected chi connectivity index (χ3v) is 6.02. The summed E-state index contributed by atoms with van der Waals surface area (Å²) in [6, 6.07) is 15.8. The largest absolute Gasteiger partial charge is 0.491 e. The van der Waals surface area contributed by atoms with Gasteiger partial charge in [0.2, 0.25) is 0 Å². The van der Waals surface area contributed by atoms with E-state index in [0.29, 0.717) is 32.4 Å². The van der Waals surface area contributed by atoms with E-state index in [2.05, 4.69) is 83.4 Å². The number of aryl methyl sites for hydroxylation is 2. The Bertz CT molecular complexity index is 894. The van der Waals surface area contributed by atoms with Crippen molar-refractivity contribution in [3.05, 3.63) is 69.6 Å². The Hall–Kier alpha value is -2.73. The summed E-state index contributed by atoms with van der Waals surface area (Å²) >= 11 is 0. The smallest absolute Gasteiger partial charge is 0.119 e. The molecule has 0 heterocycles. The van der Waals surface area contributed by atoms with Gasteiger partial charge in [-0.1, -0.05) is 23.3 Å². The lowest BCUT2D eigenvalue weighted by atomic mass is 10.1. The molecule has 1 atom stereocenters. The van der Waals surface area contributed by atoms with Crippen molar-refractivity contribution >= 4 is 5.69 Å². The Morgan fingerprint density at radius 1 is 1.06 bits per heavy atom. The second-order valence-electron chi connectivity index (χ2n) is 8.48. The summed E-state index contributed by atoms with van der Waals surface area (Å²) in [5, 5.41) is 3.44. The Labute approximate surface area is 191 Å². The monoisotopic (exact) mass is 437 g/mol. The molecule has 7 heteroatoms. The molecule has 0 aromatic heterocycles. The maximum Gasteiger partial charge on any atom is 0.119 e. The minimum atomic E-state index is 0.354. The van der Waals surface area contributed by atoms with Crippen molar-refractivity contribution in [2.24, 2.45) is 5.11 Å². The SMILES string of the molecule is CN(C)c1ccc(CCCN(C)C2CCc3cc(OCCOCCN=[N+]=[N-])ccc32)cc1. The van der Waals surface area contributed by atoms with E-state index < -0.39 is 0 Å². The Balaban J connectivity index is 1.42. The van der Waals surface area contributed by atoms with Crippen molar-refractivity contribution in [2.75, 3.05) is 59.0 Å². The number of ether oxygens (including phenoxy) is 2. The standard InChI is InChI=1S/C25H35N5O2/c1-29(2)22-9-6-20(7-10-22)5-4-15-30(3)25-13-8-21-19-23(11-12-24(21)25)32-18-17-31-16-14-27-28-26/h6-7,9-12,19,25H,4-5,8,13-18H2,1-3H3. The van der Waals surface area contributed by atoms with Crippen LogP contribution in [0.2, 0.25) is 0 Å². The van der Waals surface area contributed by atoms with Crippen molar-refractivity contribution in [2.45, 2.75) is 31.7 Å². The van der Waals surface area contributed by atoms with Crippen LogP contribution in [-0.4, -0.2) is 59.0 Å². The fourth-order valence-electron chi connectivity index (χ4n) is 4.24. The molecule has 0 aliphatic heterocycles. The lowest BCUT2D eigenvalue weighted by molar-refractivity contribution is 0.106. The van der Waals surface area contributed by atoms with Gasteiger partial charge in [-0.3, -0.25) is 4.90 Å². The summed E-state index contributed by atoms with van der Waals surface area (Å²) in [5.74, 6) is 0.895. The fourth-order valence-corrected chi connectivity index (χ4v) is 4.24. The van der Waals surface area contributed by atoms with Crippen molar-refractivity contribution in [3.8, 4) is 5.75 Å². The zero-order valence-electron chi connectivity index (χ0n) is 19.5. The molecule has 1 unspecified atom stereocenters. The first-order valence-electron chi connectivity index (χ1n) is 11.4. The first-order valence-corrected chi connectivity index (χ1v) is 11.4.